The predicted octanol–water partition coefficient (Wildman–Crippen LogP) is 3.18. The Kier molecular flexibility index (Phi) is 4.33. The fourth-order valence-corrected chi connectivity index (χ4v) is 5.05. The monoisotopic (exact) mass is 316 g/mol. The Bertz CT molecular complexity index is 583. The molecule has 1 heterocycles. The molecule has 0 spiro atoms. The molecule has 0 radical (unpaired) electrons. The topological polar surface area (TPSA) is 63.4 Å². The fraction of sp³-hybridized carbons (Fsp3) is 0.571. The molecular formula is C14H21ClN2O2S. The number of halogens is 1. The van der Waals surface area contributed by atoms with Crippen LogP contribution in [0.5, 0.6) is 0 Å². The van der Waals surface area contributed by atoms with Crippen LogP contribution >= 0.6 is 11.6 Å². The standard InChI is InChI=1S/C14H21ClN2O2S/c1-9-5-4-6-10(2)17(9)20(18,19)12-7-13(15)11(3)14(16)8-12/h7-10H,4-6,16H2,1-3H3/t9-,10+. The van der Waals surface area contributed by atoms with E-state index in [2.05, 4.69) is 0 Å². The van der Waals surface area contributed by atoms with Gasteiger partial charge in [0.1, 0.15) is 0 Å². The number of hydrogen-bond acceptors (Lipinski definition) is 3. The highest BCUT2D eigenvalue weighted by atomic mass is 35.5. The van der Waals surface area contributed by atoms with Crippen LogP contribution in [0.3, 0.4) is 0 Å². The van der Waals surface area contributed by atoms with Gasteiger partial charge in [0, 0.05) is 22.8 Å². The molecular weight excluding hydrogens is 296 g/mol. The molecule has 1 aliphatic rings. The zero-order valence-corrected chi connectivity index (χ0v) is 13.6. The number of rotatable bonds is 2. The van der Waals surface area contributed by atoms with E-state index in [1.54, 1.807) is 11.2 Å². The summed E-state index contributed by atoms with van der Waals surface area (Å²) in [5.74, 6) is 0. The van der Waals surface area contributed by atoms with Crippen molar-refractivity contribution in [1.82, 2.24) is 4.31 Å². The van der Waals surface area contributed by atoms with Gasteiger partial charge < -0.3 is 5.73 Å². The Morgan fingerprint density at radius 3 is 2.30 bits per heavy atom. The molecule has 1 saturated heterocycles. The van der Waals surface area contributed by atoms with E-state index in [-0.39, 0.29) is 17.0 Å². The van der Waals surface area contributed by atoms with Gasteiger partial charge in [-0.05, 0) is 51.3 Å². The summed E-state index contributed by atoms with van der Waals surface area (Å²) >= 11 is 6.07. The minimum Gasteiger partial charge on any atom is -0.398 e. The van der Waals surface area contributed by atoms with Crippen molar-refractivity contribution in [3.8, 4) is 0 Å². The molecule has 1 aliphatic heterocycles. The molecule has 2 N–H and O–H groups in total. The van der Waals surface area contributed by atoms with Crippen LogP contribution in [-0.2, 0) is 10.0 Å². The van der Waals surface area contributed by atoms with Gasteiger partial charge in [-0.1, -0.05) is 18.0 Å². The molecule has 0 amide bonds. The van der Waals surface area contributed by atoms with Gasteiger partial charge in [0.2, 0.25) is 10.0 Å². The van der Waals surface area contributed by atoms with E-state index in [0.29, 0.717) is 16.3 Å². The van der Waals surface area contributed by atoms with Gasteiger partial charge in [0.25, 0.3) is 0 Å². The van der Waals surface area contributed by atoms with Crippen LogP contribution in [0, 0.1) is 6.92 Å². The van der Waals surface area contributed by atoms with Crippen molar-refractivity contribution in [2.24, 2.45) is 0 Å². The maximum Gasteiger partial charge on any atom is 0.243 e. The summed E-state index contributed by atoms with van der Waals surface area (Å²) in [5.41, 5.74) is 6.97. The van der Waals surface area contributed by atoms with Gasteiger partial charge >= 0.3 is 0 Å². The molecule has 0 aromatic heterocycles. The molecule has 112 valence electrons. The molecule has 1 aromatic carbocycles. The number of sulfonamides is 1. The molecule has 2 atom stereocenters. The molecule has 0 unspecified atom stereocenters. The van der Waals surface area contributed by atoms with Crippen molar-refractivity contribution in [2.45, 2.75) is 57.0 Å². The largest absolute Gasteiger partial charge is 0.398 e. The third-order valence-corrected chi connectivity index (χ3v) is 6.54. The first kappa shape index (κ1) is 15.6. The molecule has 2 rings (SSSR count). The van der Waals surface area contributed by atoms with Crippen molar-refractivity contribution >= 4 is 27.3 Å². The molecule has 0 aliphatic carbocycles. The third-order valence-electron chi connectivity index (χ3n) is 4.05. The average Bonchev–Trinajstić information content (AvgIpc) is 2.34. The van der Waals surface area contributed by atoms with Crippen LogP contribution in [0.15, 0.2) is 17.0 Å². The number of anilines is 1. The lowest BCUT2D eigenvalue weighted by Gasteiger charge is -2.37. The Morgan fingerprint density at radius 2 is 1.80 bits per heavy atom. The SMILES string of the molecule is Cc1c(N)cc(S(=O)(=O)N2[C@H](C)CCC[C@@H]2C)cc1Cl. The highest BCUT2D eigenvalue weighted by Crippen LogP contribution is 2.32. The summed E-state index contributed by atoms with van der Waals surface area (Å²) in [4.78, 5) is 0.186. The first-order valence-electron chi connectivity index (χ1n) is 6.84. The van der Waals surface area contributed by atoms with Gasteiger partial charge in [0.05, 0.1) is 4.90 Å². The lowest BCUT2D eigenvalue weighted by molar-refractivity contribution is 0.204. The molecule has 0 bridgehead atoms. The Balaban J connectivity index is 2.49. The third kappa shape index (κ3) is 2.67. The Hall–Kier alpha value is -0.780. The zero-order chi connectivity index (χ0) is 15.1. The molecule has 4 nitrogen and oxygen atoms in total. The lowest BCUT2D eigenvalue weighted by atomic mass is 10.0. The van der Waals surface area contributed by atoms with Gasteiger partial charge in [0.15, 0.2) is 0 Å². The average molecular weight is 317 g/mol. The van der Waals surface area contributed by atoms with Crippen LogP contribution in [0.4, 0.5) is 5.69 Å². The summed E-state index contributed by atoms with van der Waals surface area (Å²) in [6.45, 7) is 5.68. The van der Waals surface area contributed by atoms with E-state index in [4.69, 9.17) is 17.3 Å². The van der Waals surface area contributed by atoms with E-state index in [1.165, 1.54) is 12.1 Å². The fourth-order valence-electron chi connectivity index (χ4n) is 2.82. The highest BCUT2D eigenvalue weighted by Gasteiger charge is 2.36. The van der Waals surface area contributed by atoms with Crippen molar-refractivity contribution in [2.75, 3.05) is 5.73 Å². The summed E-state index contributed by atoms with van der Waals surface area (Å²) in [6.07, 6.45) is 2.84. The maximum atomic E-state index is 12.8. The van der Waals surface area contributed by atoms with E-state index in [1.807, 2.05) is 13.8 Å². The van der Waals surface area contributed by atoms with Crippen molar-refractivity contribution in [3.63, 3.8) is 0 Å². The molecule has 0 saturated carbocycles. The molecule has 1 fully saturated rings. The second kappa shape index (κ2) is 5.54. The minimum atomic E-state index is -3.55. The van der Waals surface area contributed by atoms with Gasteiger partial charge in [-0.3, -0.25) is 0 Å². The summed E-state index contributed by atoms with van der Waals surface area (Å²) in [6, 6.07) is 3.01. The summed E-state index contributed by atoms with van der Waals surface area (Å²) < 4.78 is 27.3. The molecule has 6 heteroatoms. The van der Waals surface area contributed by atoms with Crippen molar-refractivity contribution in [1.29, 1.82) is 0 Å². The van der Waals surface area contributed by atoms with E-state index in [9.17, 15) is 8.42 Å². The number of piperidine rings is 1. The number of nitrogens with two attached hydrogens (primary N) is 1. The zero-order valence-electron chi connectivity index (χ0n) is 12.1. The van der Waals surface area contributed by atoms with Crippen LogP contribution in [0.25, 0.3) is 0 Å². The van der Waals surface area contributed by atoms with Crippen LogP contribution in [-0.4, -0.2) is 24.8 Å². The number of nitrogen functional groups attached to an aromatic ring is 1. The number of nitrogens with zero attached hydrogens (tertiary/aromatic N) is 1. The van der Waals surface area contributed by atoms with Gasteiger partial charge in [-0.25, -0.2) is 8.42 Å². The minimum absolute atomic E-state index is 0.00468. The highest BCUT2D eigenvalue weighted by molar-refractivity contribution is 7.89. The quantitative estimate of drug-likeness (QED) is 0.852. The van der Waals surface area contributed by atoms with E-state index < -0.39 is 10.0 Å². The predicted molar refractivity (Wildman–Crippen MR) is 82.4 cm³/mol. The first-order chi connectivity index (χ1) is 9.25. The summed E-state index contributed by atoms with van der Waals surface area (Å²) in [5, 5.41) is 0.390. The van der Waals surface area contributed by atoms with Gasteiger partial charge in [-0.2, -0.15) is 4.31 Å². The van der Waals surface area contributed by atoms with Crippen molar-refractivity contribution < 1.29 is 8.42 Å². The van der Waals surface area contributed by atoms with Crippen LogP contribution < -0.4 is 5.73 Å². The summed E-state index contributed by atoms with van der Waals surface area (Å²) in [7, 11) is -3.55. The maximum absolute atomic E-state index is 12.8. The smallest absolute Gasteiger partial charge is 0.243 e. The van der Waals surface area contributed by atoms with Gasteiger partial charge in [-0.15, -0.1) is 0 Å². The first-order valence-corrected chi connectivity index (χ1v) is 8.66. The number of benzene rings is 1. The van der Waals surface area contributed by atoms with Crippen LogP contribution in [0.2, 0.25) is 5.02 Å². The second-order valence-corrected chi connectivity index (χ2v) is 7.83. The van der Waals surface area contributed by atoms with E-state index >= 15 is 0 Å². The van der Waals surface area contributed by atoms with Crippen molar-refractivity contribution in [3.05, 3.63) is 22.7 Å². The van der Waals surface area contributed by atoms with E-state index in [0.717, 1.165) is 19.3 Å². The normalized spacial score (nSPS) is 24.8. The van der Waals surface area contributed by atoms with Crippen LogP contribution in [0.1, 0.15) is 38.7 Å². The lowest BCUT2D eigenvalue weighted by Crippen LogP contribution is -2.47. The Morgan fingerprint density at radius 1 is 1.25 bits per heavy atom. The Labute approximate surface area is 126 Å². The number of hydrogen-bond donors (Lipinski definition) is 1. The molecule has 1 aromatic rings. The second-order valence-electron chi connectivity index (χ2n) is 5.58. The molecule has 20 heavy (non-hydrogen) atoms.